The third-order valence-electron chi connectivity index (χ3n) is 6.24. The molecule has 3 atom stereocenters. The van der Waals surface area contributed by atoms with E-state index in [9.17, 15) is 14.7 Å². The maximum atomic E-state index is 12.9. The molecule has 3 heterocycles. The van der Waals surface area contributed by atoms with Gasteiger partial charge in [0.15, 0.2) is 11.2 Å². The zero-order chi connectivity index (χ0) is 25.0. The lowest BCUT2D eigenvalue weighted by Gasteiger charge is -2.27. The number of unbranched alkanes of at least 4 members (excludes halogenated alkanes) is 1. The summed E-state index contributed by atoms with van der Waals surface area (Å²) in [7, 11) is 0. The number of rotatable bonds is 9. The monoisotopic (exact) mass is 500 g/mol. The Labute approximate surface area is 208 Å². The summed E-state index contributed by atoms with van der Waals surface area (Å²) in [6, 6.07) is 8.79. The standard InChI is InChI=1S/C24H32N6O4S/c1-4-5-8-16(20(31)21(32)28-19-11-12-25-29-19)27-23(33)34-18-13-30(14-24(18,2)3)22-26-15-9-6-7-10-17(15)35-22/h6-7,9-12,16,18,20,31H,4-5,8,13-14H2,1-3H3,(H,27,33)(H2,25,28,29,32)/t16-,18+,20?/m0/s1. The molecule has 10 nitrogen and oxygen atoms in total. The van der Waals surface area contributed by atoms with E-state index in [0.29, 0.717) is 25.3 Å². The molecule has 1 saturated heterocycles. The van der Waals surface area contributed by atoms with Crippen molar-refractivity contribution in [1.82, 2.24) is 20.5 Å². The van der Waals surface area contributed by atoms with Crippen molar-refractivity contribution in [2.75, 3.05) is 23.3 Å². The Hall–Kier alpha value is -3.18. The van der Waals surface area contributed by atoms with Crippen LogP contribution in [0.1, 0.15) is 40.0 Å². The van der Waals surface area contributed by atoms with Crippen LogP contribution in [0, 0.1) is 5.41 Å². The number of ether oxygens (including phenoxy) is 1. The van der Waals surface area contributed by atoms with Gasteiger partial charge in [0.1, 0.15) is 11.9 Å². The van der Waals surface area contributed by atoms with E-state index in [2.05, 4.69) is 39.6 Å². The minimum atomic E-state index is -1.44. The predicted octanol–water partition coefficient (Wildman–Crippen LogP) is 3.52. The van der Waals surface area contributed by atoms with Crippen molar-refractivity contribution in [1.29, 1.82) is 0 Å². The summed E-state index contributed by atoms with van der Waals surface area (Å²) in [5.74, 6) is -0.257. The van der Waals surface area contributed by atoms with Gasteiger partial charge in [0.05, 0.1) is 29.0 Å². The molecule has 11 heteroatoms. The largest absolute Gasteiger partial charge is 0.444 e. The molecule has 0 spiro atoms. The molecule has 0 radical (unpaired) electrons. The topological polar surface area (TPSA) is 132 Å². The molecule has 4 rings (SSSR count). The summed E-state index contributed by atoms with van der Waals surface area (Å²) in [6.45, 7) is 7.32. The van der Waals surface area contributed by atoms with Gasteiger partial charge in [-0.3, -0.25) is 9.89 Å². The second kappa shape index (κ2) is 10.6. The number of para-hydroxylation sites is 1. The summed E-state index contributed by atoms with van der Waals surface area (Å²) < 4.78 is 6.94. The van der Waals surface area contributed by atoms with Gasteiger partial charge in [0.25, 0.3) is 5.91 Å². The fraction of sp³-hybridized carbons (Fsp3) is 0.500. The first-order chi connectivity index (χ1) is 16.8. The first-order valence-electron chi connectivity index (χ1n) is 11.8. The second-order valence-corrected chi connectivity index (χ2v) is 10.5. The molecule has 2 amide bonds. The summed E-state index contributed by atoms with van der Waals surface area (Å²) in [6.07, 6.45) is 1.06. The van der Waals surface area contributed by atoms with Gasteiger partial charge < -0.3 is 25.4 Å². The first-order valence-corrected chi connectivity index (χ1v) is 12.6. The SMILES string of the molecule is CCCC[C@H](NC(=O)O[C@@H]1CN(c2nc3ccccc3s2)CC1(C)C)C(O)C(=O)Nc1ccn[nH]1. The van der Waals surface area contributed by atoms with Gasteiger partial charge >= 0.3 is 6.09 Å². The van der Waals surface area contributed by atoms with Crippen molar-refractivity contribution in [3.05, 3.63) is 36.5 Å². The summed E-state index contributed by atoms with van der Waals surface area (Å²) in [5, 5.41) is 23.2. The molecule has 1 aliphatic heterocycles. The number of benzene rings is 1. The molecule has 0 aliphatic carbocycles. The molecule has 188 valence electrons. The summed E-state index contributed by atoms with van der Waals surface area (Å²) in [5.41, 5.74) is 0.652. The van der Waals surface area contributed by atoms with Crippen LogP contribution in [0.15, 0.2) is 36.5 Å². The van der Waals surface area contributed by atoms with Crippen LogP contribution in [-0.2, 0) is 9.53 Å². The fourth-order valence-electron chi connectivity index (χ4n) is 4.21. The van der Waals surface area contributed by atoms with Crippen molar-refractivity contribution in [3.8, 4) is 0 Å². The van der Waals surface area contributed by atoms with Gasteiger partial charge in [-0.25, -0.2) is 9.78 Å². The lowest BCUT2D eigenvalue weighted by Crippen LogP contribution is -2.50. The molecule has 1 fully saturated rings. The predicted molar refractivity (Wildman–Crippen MR) is 136 cm³/mol. The molecule has 0 bridgehead atoms. The Bertz CT molecular complexity index is 1120. The maximum Gasteiger partial charge on any atom is 0.407 e. The third kappa shape index (κ3) is 5.91. The minimum absolute atomic E-state index is 0.301. The number of nitrogens with zero attached hydrogens (tertiary/aromatic N) is 3. The zero-order valence-corrected chi connectivity index (χ0v) is 21.0. The van der Waals surface area contributed by atoms with Gasteiger partial charge in [0.2, 0.25) is 0 Å². The quantitative estimate of drug-likeness (QED) is 0.353. The lowest BCUT2D eigenvalue weighted by molar-refractivity contribution is -0.125. The normalized spacial score (nSPS) is 18.9. The van der Waals surface area contributed by atoms with E-state index in [0.717, 1.165) is 28.2 Å². The summed E-state index contributed by atoms with van der Waals surface area (Å²) >= 11 is 1.62. The van der Waals surface area contributed by atoms with Crippen LogP contribution in [-0.4, -0.2) is 63.6 Å². The van der Waals surface area contributed by atoms with E-state index in [4.69, 9.17) is 9.72 Å². The number of nitrogens with one attached hydrogen (secondary N) is 3. The fourth-order valence-corrected chi connectivity index (χ4v) is 5.18. The van der Waals surface area contributed by atoms with Crippen LogP contribution in [0.2, 0.25) is 0 Å². The summed E-state index contributed by atoms with van der Waals surface area (Å²) in [4.78, 5) is 32.2. The molecule has 0 saturated carbocycles. The lowest BCUT2D eigenvalue weighted by atomic mass is 9.90. The van der Waals surface area contributed by atoms with E-state index in [1.165, 1.54) is 6.20 Å². The number of carbonyl (C=O) groups is 2. The Morgan fingerprint density at radius 3 is 2.86 bits per heavy atom. The number of aliphatic hydroxyl groups excluding tert-OH is 1. The number of anilines is 2. The number of aromatic nitrogens is 3. The van der Waals surface area contributed by atoms with E-state index in [1.807, 2.05) is 31.2 Å². The molecule has 4 N–H and O–H groups in total. The van der Waals surface area contributed by atoms with Gasteiger partial charge in [-0.15, -0.1) is 0 Å². The molecule has 2 aromatic heterocycles. The average Bonchev–Trinajstić information content (AvgIpc) is 3.55. The highest BCUT2D eigenvalue weighted by molar-refractivity contribution is 7.22. The number of fused-ring (bicyclic) bond motifs is 1. The van der Waals surface area contributed by atoms with Gasteiger partial charge in [-0.05, 0) is 18.6 Å². The van der Waals surface area contributed by atoms with Crippen molar-refractivity contribution in [2.45, 2.75) is 58.3 Å². The number of alkyl carbamates (subject to hydrolysis) is 1. The van der Waals surface area contributed by atoms with E-state index in [-0.39, 0.29) is 11.5 Å². The highest BCUT2D eigenvalue weighted by Gasteiger charge is 2.43. The number of thiazole rings is 1. The van der Waals surface area contributed by atoms with Crippen LogP contribution >= 0.6 is 11.3 Å². The van der Waals surface area contributed by atoms with Crippen LogP contribution in [0.4, 0.5) is 15.7 Å². The Balaban J connectivity index is 1.39. The Morgan fingerprint density at radius 1 is 1.34 bits per heavy atom. The maximum absolute atomic E-state index is 12.9. The highest BCUT2D eigenvalue weighted by Crippen LogP contribution is 2.38. The number of aromatic amines is 1. The Kier molecular flexibility index (Phi) is 7.56. The average molecular weight is 501 g/mol. The van der Waals surface area contributed by atoms with E-state index in [1.54, 1.807) is 17.4 Å². The highest BCUT2D eigenvalue weighted by atomic mass is 32.1. The number of carbonyl (C=O) groups excluding carboxylic acids is 2. The number of hydrogen-bond donors (Lipinski definition) is 4. The van der Waals surface area contributed by atoms with Crippen molar-refractivity contribution >= 4 is 44.5 Å². The smallest absolute Gasteiger partial charge is 0.407 e. The molecule has 1 unspecified atom stereocenters. The van der Waals surface area contributed by atoms with Gasteiger partial charge in [-0.2, -0.15) is 5.10 Å². The number of hydrogen-bond acceptors (Lipinski definition) is 8. The number of aliphatic hydroxyl groups is 1. The molecular weight excluding hydrogens is 468 g/mol. The van der Waals surface area contributed by atoms with Crippen molar-refractivity contribution < 1.29 is 19.4 Å². The van der Waals surface area contributed by atoms with Crippen LogP contribution in [0.3, 0.4) is 0 Å². The van der Waals surface area contributed by atoms with Gasteiger partial charge in [-0.1, -0.05) is 57.1 Å². The molecule has 1 aromatic carbocycles. The Morgan fingerprint density at radius 2 is 2.14 bits per heavy atom. The van der Waals surface area contributed by atoms with Crippen molar-refractivity contribution in [2.24, 2.45) is 5.41 Å². The molecular formula is C24H32N6O4S. The first kappa shape index (κ1) is 24.9. The van der Waals surface area contributed by atoms with Gasteiger partial charge in [0, 0.05) is 18.0 Å². The number of amides is 2. The third-order valence-corrected chi connectivity index (χ3v) is 7.34. The second-order valence-electron chi connectivity index (χ2n) is 9.52. The van der Waals surface area contributed by atoms with E-state index < -0.39 is 24.1 Å². The molecule has 35 heavy (non-hydrogen) atoms. The molecule has 1 aliphatic rings. The van der Waals surface area contributed by atoms with Crippen LogP contribution in [0.25, 0.3) is 10.2 Å². The van der Waals surface area contributed by atoms with Crippen LogP contribution in [0.5, 0.6) is 0 Å². The zero-order valence-electron chi connectivity index (χ0n) is 20.2. The van der Waals surface area contributed by atoms with Crippen molar-refractivity contribution in [3.63, 3.8) is 0 Å². The minimum Gasteiger partial charge on any atom is -0.444 e. The van der Waals surface area contributed by atoms with E-state index >= 15 is 0 Å². The van der Waals surface area contributed by atoms with Crippen LogP contribution < -0.4 is 15.5 Å². The molecule has 3 aromatic rings. The number of H-pyrrole nitrogens is 1.